The lowest BCUT2D eigenvalue weighted by molar-refractivity contribution is 0.831. The maximum absolute atomic E-state index is 5.25. The van der Waals surface area contributed by atoms with Gasteiger partial charge in [0.25, 0.3) is 0 Å². The van der Waals surface area contributed by atoms with Crippen LogP contribution in [0.4, 0.5) is 5.69 Å². The molecule has 1 aromatic carbocycles. The van der Waals surface area contributed by atoms with Gasteiger partial charge in [-0.05, 0) is 30.5 Å². The molecule has 0 radical (unpaired) electrons. The normalized spacial score (nSPS) is 9.88. The zero-order valence-electron chi connectivity index (χ0n) is 9.98. The van der Waals surface area contributed by atoms with Crippen LogP contribution in [0, 0.1) is 0 Å². The summed E-state index contributed by atoms with van der Waals surface area (Å²) in [5, 5.41) is 0. The number of benzene rings is 1. The average molecular weight is 220 g/mol. The Morgan fingerprint density at radius 1 is 1.19 bits per heavy atom. The van der Waals surface area contributed by atoms with Crippen molar-refractivity contribution in [2.24, 2.45) is 16.5 Å². The van der Waals surface area contributed by atoms with Crippen molar-refractivity contribution < 1.29 is 0 Å². The second-order valence-corrected chi connectivity index (χ2v) is 3.97. The van der Waals surface area contributed by atoms with E-state index in [4.69, 9.17) is 11.5 Å². The van der Waals surface area contributed by atoms with Gasteiger partial charge in [0.15, 0.2) is 5.96 Å². The number of hydrogen-bond donors (Lipinski definition) is 2. The highest BCUT2D eigenvalue weighted by molar-refractivity contribution is 5.75. The molecule has 0 aliphatic rings. The molecule has 0 fully saturated rings. The summed E-state index contributed by atoms with van der Waals surface area (Å²) in [7, 11) is 4.07. The van der Waals surface area contributed by atoms with Crippen LogP contribution in [-0.4, -0.2) is 26.6 Å². The minimum absolute atomic E-state index is 0.169. The Bertz CT molecular complexity index is 337. The van der Waals surface area contributed by atoms with Crippen molar-refractivity contribution in [3.63, 3.8) is 0 Å². The second kappa shape index (κ2) is 6.00. The summed E-state index contributed by atoms with van der Waals surface area (Å²) in [4.78, 5) is 6.04. The topological polar surface area (TPSA) is 67.6 Å². The quantitative estimate of drug-likeness (QED) is 0.441. The monoisotopic (exact) mass is 220 g/mol. The lowest BCUT2D eigenvalue weighted by Crippen LogP contribution is -2.23. The summed E-state index contributed by atoms with van der Waals surface area (Å²) in [5.74, 6) is 0.169. The molecule has 4 nitrogen and oxygen atoms in total. The van der Waals surface area contributed by atoms with Gasteiger partial charge in [-0.3, -0.25) is 4.99 Å². The predicted molar refractivity (Wildman–Crippen MR) is 69.8 cm³/mol. The van der Waals surface area contributed by atoms with E-state index in [0.29, 0.717) is 6.54 Å². The summed E-state index contributed by atoms with van der Waals surface area (Å²) in [6.45, 7) is 0.692. The molecule has 1 aromatic rings. The van der Waals surface area contributed by atoms with Gasteiger partial charge in [0.1, 0.15) is 0 Å². The molecule has 0 aromatic heterocycles. The summed E-state index contributed by atoms with van der Waals surface area (Å²) in [5.41, 5.74) is 13.0. The lowest BCUT2D eigenvalue weighted by Gasteiger charge is -2.12. The van der Waals surface area contributed by atoms with Gasteiger partial charge in [-0.1, -0.05) is 12.1 Å². The van der Waals surface area contributed by atoms with Gasteiger partial charge >= 0.3 is 0 Å². The van der Waals surface area contributed by atoms with E-state index in [1.807, 2.05) is 14.1 Å². The van der Waals surface area contributed by atoms with E-state index in [1.165, 1.54) is 11.3 Å². The number of hydrogen-bond acceptors (Lipinski definition) is 2. The summed E-state index contributed by atoms with van der Waals surface area (Å²) in [6, 6.07) is 8.53. The third kappa shape index (κ3) is 4.21. The van der Waals surface area contributed by atoms with Crippen LogP contribution in [0.5, 0.6) is 0 Å². The van der Waals surface area contributed by atoms with Crippen LogP contribution < -0.4 is 16.4 Å². The molecule has 0 aliphatic heterocycles. The van der Waals surface area contributed by atoms with Gasteiger partial charge in [-0.15, -0.1) is 0 Å². The van der Waals surface area contributed by atoms with E-state index in [2.05, 4.69) is 34.2 Å². The van der Waals surface area contributed by atoms with Crippen LogP contribution in [0.3, 0.4) is 0 Å². The van der Waals surface area contributed by atoms with Gasteiger partial charge in [-0.2, -0.15) is 0 Å². The number of aryl methyl sites for hydroxylation is 1. The highest BCUT2D eigenvalue weighted by Crippen LogP contribution is 2.13. The molecule has 16 heavy (non-hydrogen) atoms. The van der Waals surface area contributed by atoms with Crippen molar-refractivity contribution in [3.8, 4) is 0 Å². The zero-order valence-corrected chi connectivity index (χ0v) is 9.98. The molecule has 88 valence electrons. The molecular weight excluding hydrogens is 200 g/mol. The standard InChI is InChI=1S/C12H20N4/c1-16(2)11-7-5-10(6-8-11)4-3-9-15-12(13)14/h5-8H,3-4,9H2,1-2H3,(H4,13,14,15). The van der Waals surface area contributed by atoms with E-state index < -0.39 is 0 Å². The Hall–Kier alpha value is -1.71. The van der Waals surface area contributed by atoms with Crippen molar-refractivity contribution in [2.75, 3.05) is 25.5 Å². The number of guanidine groups is 1. The van der Waals surface area contributed by atoms with E-state index in [0.717, 1.165) is 12.8 Å². The van der Waals surface area contributed by atoms with Crippen LogP contribution >= 0.6 is 0 Å². The van der Waals surface area contributed by atoms with Crippen LogP contribution in [0.1, 0.15) is 12.0 Å². The van der Waals surface area contributed by atoms with Crippen molar-refractivity contribution in [1.82, 2.24) is 0 Å². The third-order valence-electron chi connectivity index (χ3n) is 2.37. The van der Waals surface area contributed by atoms with Crippen molar-refractivity contribution in [3.05, 3.63) is 29.8 Å². The van der Waals surface area contributed by atoms with Crippen LogP contribution in [0.2, 0.25) is 0 Å². The summed E-state index contributed by atoms with van der Waals surface area (Å²) >= 11 is 0. The van der Waals surface area contributed by atoms with E-state index in [9.17, 15) is 0 Å². The van der Waals surface area contributed by atoms with Gasteiger partial charge in [0.2, 0.25) is 0 Å². The lowest BCUT2D eigenvalue weighted by atomic mass is 10.1. The van der Waals surface area contributed by atoms with E-state index in [1.54, 1.807) is 0 Å². The maximum atomic E-state index is 5.25. The Morgan fingerprint density at radius 3 is 2.31 bits per heavy atom. The fourth-order valence-corrected chi connectivity index (χ4v) is 1.45. The first kappa shape index (κ1) is 12.4. The van der Waals surface area contributed by atoms with Gasteiger partial charge in [-0.25, -0.2) is 0 Å². The fraction of sp³-hybridized carbons (Fsp3) is 0.417. The average Bonchev–Trinajstić information content (AvgIpc) is 2.25. The molecule has 0 amide bonds. The first-order valence-electron chi connectivity index (χ1n) is 5.41. The molecule has 4 N–H and O–H groups in total. The maximum Gasteiger partial charge on any atom is 0.185 e. The van der Waals surface area contributed by atoms with Gasteiger partial charge < -0.3 is 16.4 Å². The SMILES string of the molecule is CN(C)c1ccc(CCCN=C(N)N)cc1. The molecular formula is C12H20N4. The summed E-state index contributed by atoms with van der Waals surface area (Å²) < 4.78 is 0. The second-order valence-electron chi connectivity index (χ2n) is 3.97. The van der Waals surface area contributed by atoms with Gasteiger partial charge in [0.05, 0.1) is 0 Å². The Balaban J connectivity index is 2.41. The molecule has 0 bridgehead atoms. The molecule has 0 spiro atoms. The van der Waals surface area contributed by atoms with Crippen LogP contribution in [0.15, 0.2) is 29.3 Å². The number of nitrogens with two attached hydrogens (primary N) is 2. The number of nitrogens with zero attached hydrogens (tertiary/aromatic N) is 2. The van der Waals surface area contributed by atoms with Gasteiger partial charge in [0, 0.05) is 26.3 Å². The van der Waals surface area contributed by atoms with E-state index >= 15 is 0 Å². The molecule has 0 aliphatic carbocycles. The number of rotatable bonds is 5. The largest absolute Gasteiger partial charge is 0.378 e. The fourth-order valence-electron chi connectivity index (χ4n) is 1.45. The van der Waals surface area contributed by atoms with E-state index in [-0.39, 0.29) is 5.96 Å². The third-order valence-corrected chi connectivity index (χ3v) is 2.37. The predicted octanol–water partition coefficient (Wildman–Crippen LogP) is 0.959. The smallest absolute Gasteiger partial charge is 0.185 e. The highest BCUT2D eigenvalue weighted by atomic mass is 15.1. The molecule has 0 saturated heterocycles. The zero-order chi connectivity index (χ0) is 12.0. The Morgan fingerprint density at radius 2 is 1.81 bits per heavy atom. The summed E-state index contributed by atoms with van der Waals surface area (Å²) in [6.07, 6.45) is 1.98. The molecule has 0 heterocycles. The first-order valence-corrected chi connectivity index (χ1v) is 5.41. The highest BCUT2D eigenvalue weighted by Gasteiger charge is 1.96. The number of aliphatic imine (C=N–C) groups is 1. The van der Waals surface area contributed by atoms with Crippen molar-refractivity contribution >= 4 is 11.6 Å². The van der Waals surface area contributed by atoms with Crippen LogP contribution in [-0.2, 0) is 6.42 Å². The first-order chi connectivity index (χ1) is 7.59. The minimum atomic E-state index is 0.169. The molecule has 1 rings (SSSR count). The van der Waals surface area contributed by atoms with Crippen molar-refractivity contribution in [1.29, 1.82) is 0 Å². The molecule has 0 unspecified atom stereocenters. The van der Waals surface area contributed by atoms with Crippen molar-refractivity contribution in [2.45, 2.75) is 12.8 Å². The Kier molecular flexibility index (Phi) is 4.64. The molecule has 4 heteroatoms. The number of anilines is 1. The molecule has 0 atom stereocenters. The van der Waals surface area contributed by atoms with Crippen LogP contribution in [0.25, 0.3) is 0 Å². The Labute approximate surface area is 97.0 Å². The molecule has 0 saturated carbocycles. The minimum Gasteiger partial charge on any atom is -0.378 e.